The summed E-state index contributed by atoms with van der Waals surface area (Å²) in [6.07, 6.45) is 7.92. The van der Waals surface area contributed by atoms with E-state index in [2.05, 4.69) is 43.6 Å². The molecule has 0 N–H and O–H groups in total. The third kappa shape index (κ3) is 2.84. The lowest BCUT2D eigenvalue weighted by molar-refractivity contribution is 0.217. The Labute approximate surface area is 135 Å². The lowest BCUT2D eigenvalue weighted by atomic mass is 10.2. The van der Waals surface area contributed by atoms with Crippen molar-refractivity contribution in [2.75, 3.05) is 6.54 Å². The summed E-state index contributed by atoms with van der Waals surface area (Å²) >= 11 is 0. The molecule has 1 aliphatic rings. The molecule has 3 aromatic heterocycles. The quantitative estimate of drug-likeness (QED) is 0.732. The van der Waals surface area contributed by atoms with Crippen molar-refractivity contribution in [3.63, 3.8) is 0 Å². The zero-order valence-electron chi connectivity index (χ0n) is 13.6. The van der Waals surface area contributed by atoms with Gasteiger partial charge in [-0.1, -0.05) is 0 Å². The van der Waals surface area contributed by atoms with E-state index in [0.717, 1.165) is 36.8 Å². The maximum absolute atomic E-state index is 4.70. The minimum Gasteiger partial charge on any atom is -0.293 e. The summed E-state index contributed by atoms with van der Waals surface area (Å²) in [5.41, 5.74) is 3.26. The zero-order valence-corrected chi connectivity index (χ0v) is 13.6. The minimum atomic E-state index is 0.498. The molecule has 23 heavy (non-hydrogen) atoms. The van der Waals surface area contributed by atoms with Gasteiger partial charge < -0.3 is 0 Å². The molecule has 0 spiro atoms. The van der Waals surface area contributed by atoms with E-state index in [1.54, 1.807) is 12.7 Å². The minimum absolute atomic E-state index is 0.498. The van der Waals surface area contributed by atoms with E-state index in [-0.39, 0.29) is 0 Å². The first-order valence-electron chi connectivity index (χ1n) is 8.08. The molecule has 0 bridgehead atoms. The van der Waals surface area contributed by atoms with E-state index in [9.17, 15) is 0 Å². The third-order valence-corrected chi connectivity index (χ3v) is 4.54. The predicted octanol–water partition coefficient (Wildman–Crippen LogP) is 1.60. The molecule has 1 fully saturated rings. The summed E-state index contributed by atoms with van der Waals surface area (Å²) < 4.78 is 3.99. The molecule has 0 radical (unpaired) electrons. The SMILES string of the molecule is Cc1cc(C)n2cc(CN3CCCC3Cn3cncn3)nc2n1. The zero-order chi connectivity index (χ0) is 15.8. The highest BCUT2D eigenvalue weighted by molar-refractivity contribution is 5.34. The molecule has 0 saturated carbocycles. The summed E-state index contributed by atoms with van der Waals surface area (Å²) in [5.74, 6) is 0.796. The van der Waals surface area contributed by atoms with Crippen LogP contribution in [0.25, 0.3) is 5.78 Å². The summed E-state index contributed by atoms with van der Waals surface area (Å²) in [6.45, 7) is 6.97. The molecular weight excluding hydrogens is 290 g/mol. The van der Waals surface area contributed by atoms with Gasteiger partial charge in [0, 0.05) is 30.2 Å². The average Bonchev–Trinajstić information content (AvgIpc) is 3.22. The molecule has 1 saturated heterocycles. The van der Waals surface area contributed by atoms with Crippen LogP contribution in [0.15, 0.2) is 24.9 Å². The molecule has 1 atom stereocenters. The third-order valence-electron chi connectivity index (χ3n) is 4.54. The van der Waals surface area contributed by atoms with Crippen molar-refractivity contribution >= 4 is 5.78 Å². The smallest absolute Gasteiger partial charge is 0.234 e. The van der Waals surface area contributed by atoms with Crippen molar-refractivity contribution in [2.45, 2.75) is 45.8 Å². The van der Waals surface area contributed by atoms with Gasteiger partial charge in [-0.15, -0.1) is 0 Å². The summed E-state index contributed by atoms with van der Waals surface area (Å²) in [7, 11) is 0. The van der Waals surface area contributed by atoms with Crippen molar-refractivity contribution in [1.82, 2.24) is 34.0 Å². The van der Waals surface area contributed by atoms with E-state index in [1.807, 2.05) is 11.6 Å². The topological polar surface area (TPSA) is 64.1 Å². The Kier molecular flexibility index (Phi) is 3.57. The highest BCUT2D eigenvalue weighted by Crippen LogP contribution is 2.21. The Morgan fingerprint density at radius 2 is 2.17 bits per heavy atom. The number of nitrogens with zero attached hydrogens (tertiary/aromatic N) is 7. The van der Waals surface area contributed by atoms with Gasteiger partial charge >= 0.3 is 0 Å². The molecule has 120 valence electrons. The van der Waals surface area contributed by atoms with E-state index >= 15 is 0 Å². The van der Waals surface area contributed by atoms with E-state index in [1.165, 1.54) is 18.5 Å². The van der Waals surface area contributed by atoms with Crippen LogP contribution in [-0.4, -0.2) is 46.6 Å². The van der Waals surface area contributed by atoms with Crippen molar-refractivity contribution in [1.29, 1.82) is 0 Å². The monoisotopic (exact) mass is 311 g/mol. The van der Waals surface area contributed by atoms with Gasteiger partial charge in [0.1, 0.15) is 12.7 Å². The molecule has 1 aliphatic heterocycles. The number of rotatable bonds is 4. The van der Waals surface area contributed by atoms with Crippen LogP contribution in [0.3, 0.4) is 0 Å². The van der Waals surface area contributed by atoms with Crippen LogP contribution in [0.5, 0.6) is 0 Å². The molecular formula is C16H21N7. The fourth-order valence-electron chi connectivity index (χ4n) is 3.46. The summed E-state index contributed by atoms with van der Waals surface area (Å²) in [6, 6.07) is 2.58. The van der Waals surface area contributed by atoms with Crippen molar-refractivity contribution < 1.29 is 0 Å². The lowest BCUT2D eigenvalue weighted by Gasteiger charge is -2.23. The number of hydrogen-bond acceptors (Lipinski definition) is 5. The van der Waals surface area contributed by atoms with Crippen LogP contribution in [0.4, 0.5) is 0 Å². The molecule has 3 aromatic rings. The molecule has 0 amide bonds. The van der Waals surface area contributed by atoms with Crippen LogP contribution >= 0.6 is 0 Å². The van der Waals surface area contributed by atoms with Crippen LogP contribution in [-0.2, 0) is 13.1 Å². The van der Waals surface area contributed by atoms with Gasteiger partial charge in [0.2, 0.25) is 5.78 Å². The molecule has 1 unspecified atom stereocenters. The fraction of sp³-hybridized carbons (Fsp3) is 0.500. The summed E-state index contributed by atoms with van der Waals surface area (Å²) in [5, 5.41) is 4.23. The second-order valence-corrected chi connectivity index (χ2v) is 6.33. The second kappa shape index (κ2) is 5.73. The van der Waals surface area contributed by atoms with E-state index in [4.69, 9.17) is 4.98 Å². The standard InChI is InChI=1S/C16H21N7/c1-12-6-13(2)23-8-14(20-16(23)19-12)7-21-5-3-4-15(21)9-22-11-17-10-18-22/h6,8,10-11,15H,3-5,7,9H2,1-2H3. The highest BCUT2D eigenvalue weighted by atomic mass is 15.3. The van der Waals surface area contributed by atoms with Gasteiger partial charge in [-0.2, -0.15) is 5.10 Å². The number of aryl methyl sites for hydroxylation is 2. The number of likely N-dealkylation sites (tertiary alicyclic amines) is 1. The van der Waals surface area contributed by atoms with Crippen LogP contribution in [0.1, 0.15) is 29.9 Å². The Morgan fingerprint density at radius 3 is 3.00 bits per heavy atom. The van der Waals surface area contributed by atoms with Crippen molar-refractivity contribution in [3.05, 3.63) is 42.0 Å². The Bertz CT molecular complexity index is 805. The number of hydrogen-bond donors (Lipinski definition) is 0. The van der Waals surface area contributed by atoms with Gasteiger partial charge in [-0.3, -0.25) is 14.0 Å². The van der Waals surface area contributed by atoms with Crippen LogP contribution in [0.2, 0.25) is 0 Å². The van der Waals surface area contributed by atoms with Crippen LogP contribution < -0.4 is 0 Å². The molecule has 7 heteroatoms. The molecule has 0 aromatic carbocycles. The molecule has 4 rings (SSSR count). The molecule has 4 heterocycles. The van der Waals surface area contributed by atoms with Crippen LogP contribution in [0, 0.1) is 13.8 Å². The van der Waals surface area contributed by atoms with Crippen molar-refractivity contribution in [3.8, 4) is 0 Å². The second-order valence-electron chi connectivity index (χ2n) is 6.33. The predicted molar refractivity (Wildman–Crippen MR) is 85.9 cm³/mol. The highest BCUT2D eigenvalue weighted by Gasteiger charge is 2.26. The van der Waals surface area contributed by atoms with Gasteiger partial charge in [-0.25, -0.2) is 15.0 Å². The van der Waals surface area contributed by atoms with Gasteiger partial charge in [0.05, 0.1) is 12.2 Å². The largest absolute Gasteiger partial charge is 0.293 e. The van der Waals surface area contributed by atoms with E-state index < -0.39 is 0 Å². The maximum Gasteiger partial charge on any atom is 0.234 e. The molecule has 7 nitrogen and oxygen atoms in total. The first-order valence-corrected chi connectivity index (χ1v) is 8.08. The number of imidazole rings is 1. The fourth-order valence-corrected chi connectivity index (χ4v) is 3.46. The lowest BCUT2D eigenvalue weighted by Crippen LogP contribution is -2.32. The molecule has 0 aliphatic carbocycles. The Morgan fingerprint density at radius 1 is 1.26 bits per heavy atom. The summed E-state index contributed by atoms with van der Waals surface area (Å²) in [4.78, 5) is 15.7. The maximum atomic E-state index is 4.70. The van der Waals surface area contributed by atoms with Crippen molar-refractivity contribution in [2.24, 2.45) is 0 Å². The number of aromatic nitrogens is 6. The first kappa shape index (κ1) is 14.3. The average molecular weight is 311 g/mol. The Hall–Kier alpha value is -2.28. The van der Waals surface area contributed by atoms with Gasteiger partial charge in [-0.05, 0) is 39.3 Å². The Balaban J connectivity index is 1.53. The normalized spacial score (nSPS) is 19.0. The number of fused-ring (bicyclic) bond motifs is 1. The van der Waals surface area contributed by atoms with Gasteiger partial charge in [0.25, 0.3) is 0 Å². The van der Waals surface area contributed by atoms with E-state index in [0.29, 0.717) is 6.04 Å². The van der Waals surface area contributed by atoms with Gasteiger partial charge in [0.15, 0.2) is 0 Å². The first-order chi connectivity index (χ1) is 11.2.